The van der Waals surface area contributed by atoms with Gasteiger partial charge in [-0.15, -0.1) is 0 Å². The molecular formula is C13H20N2O2Si. The second-order valence-corrected chi connectivity index (χ2v) is 10.1. The first-order valence-corrected chi connectivity index (χ1v) is 9.63. The minimum Gasteiger partial charge on any atom is -0.392 e. The maximum atomic E-state index is 11.9. The summed E-state index contributed by atoms with van der Waals surface area (Å²) in [4.78, 5) is 17.8. The number of hydrogen-bond acceptors (Lipinski definition) is 3. The summed E-state index contributed by atoms with van der Waals surface area (Å²) in [5.74, 6) is 0.136. The Morgan fingerprint density at radius 2 is 2.17 bits per heavy atom. The van der Waals surface area contributed by atoms with Gasteiger partial charge >= 0.3 is 0 Å². The molecule has 1 amide bonds. The van der Waals surface area contributed by atoms with Crippen LogP contribution in [0.2, 0.25) is 19.6 Å². The Morgan fingerprint density at radius 3 is 2.61 bits per heavy atom. The predicted octanol–water partition coefficient (Wildman–Crippen LogP) is 2.34. The quantitative estimate of drug-likeness (QED) is 0.787. The van der Waals surface area contributed by atoms with Crippen LogP contribution in [0.25, 0.3) is 0 Å². The van der Waals surface area contributed by atoms with Gasteiger partial charge in [-0.25, -0.2) is 0 Å². The number of nitrogens with zero attached hydrogens (tertiary/aromatic N) is 2. The molecule has 1 fully saturated rings. The van der Waals surface area contributed by atoms with Crippen LogP contribution in [0.3, 0.4) is 0 Å². The van der Waals surface area contributed by atoms with Gasteiger partial charge in [-0.05, 0) is 25.7 Å². The number of likely N-dealkylation sites (tertiary alicyclic amines) is 1. The molecule has 1 aliphatic heterocycles. The molecule has 0 aromatic carbocycles. The molecule has 1 aliphatic rings. The summed E-state index contributed by atoms with van der Waals surface area (Å²) in [5, 5.41) is 0. The van der Waals surface area contributed by atoms with E-state index in [9.17, 15) is 4.79 Å². The van der Waals surface area contributed by atoms with Gasteiger partial charge in [0, 0.05) is 37.8 Å². The number of carbonyl (C=O) groups is 1. The van der Waals surface area contributed by atoms with Crippen molar-refractivity contribution in [2.45, 2.75) is 38.2 Å². The van der Waals surface area contributed by atoms with Gasteiger partial charge in [0.05, 0.1) is 0 Å². The summed E-state index contributed by atoms with van der Waals surface area (Å²) in [6.45, 7) is 6.42. The van der Waals surface area contributed by atoms with Crippen LogP contribution in [0.4, 0.5) is 0 Å². The molecule has 1 saturated heterocycles. The van der Waals surface area contributed by atoms with Gasteiger partial charge in [-0.1, -0.05) is 6.07 Å². The van der Waals surface area contributed by atoms with E-state index in [1.165, 1.54) is 0 Å². The van der Waals surface area contributed by atoms with Crippen LogP contribution >= 0.6 is 0 Å². The van der Waals surface area contributed by atoms with E-state index in [0.29, 0.717) is 12.8 Å². The summed E-state index contributed by atoms with van der Waals surface area (Å²) in [7, 11) is 0.0515. The lowest BCUT2D eigenvalue weighted by Crippen LogP contribution is -2.49. The van der Waals surface area contributed by atoms with Crippen molar-refractivity contribution < 1.29 is 9.22 Å². The first kappa shape index (κ1) is 13.2. The number of carbonyl (C=O) groups excluding carboxylic acids is 1. The summed E-state index contributed by atoms with van der Waals surface area (Å²) in [6.07, 6.45) is 4.78. The SMILES string of the molecule is CN1C(=O)CCC1(O[Si](C)(C)C)c1cccnc1. The molecule has 5 heteroatoms. The minimum absolute atomic E-state index is 0.136. The highest BCUT2D eigenvalue weighted by molar-refractivity contribution is 6.69. The molecule has 0 aliphatic carbocycles. The van der Waals surface area contributed by atoms with Crippen molar-refractivity contribution in [2.75, 3.05) is 7.05 Å². The van der Waals surface area contributed by atoms with Crippen LogP contribution < -0.4 is 0 Å². The van der Waals surface area contributed by atoms with Crippen molar-refractivity contribution >= 4 is 14.2 Å². The summed E-state index contributed by atoms with van der Waals surface area (Å²) < 4.78 is 6.36. The normalized spacial score (nSPS) is 24.7. The largest absolute Gasteiger partial charge is 0.392 e. The Kier molecular flexibility index (Phi) is 3.29. The number of pyridine rings is 1. The van der Waals surface area contributed by atoms with Crippen molar-refractivity contribution in [1.29, 1.82) is 0 Å². The van der Waals surface area contributed by atoms with Crippen molar-refractivity contribution in [3.63, 3.8) is 0 Å². The molecule has 0 spiro atoms. The number of amides is 1. The number of rotatable bonds is 3. The van der Waals surface area contributed by atoms with Gasteiger partial charge in [0.2, 0.25) is 5.91 Å². The van der Waals surface area contributed by atoms with Gasteiger partial charge in [0.1, 0.15) is 0 Å². The van der Waals surface area contributed by atoms with Crippen LogP contribution in [0.5, 0.6) is 0 Å². The number of hydrogen-bond donors (Lipinski definition) is 0. The highest BCUT2D eigenvalue weighted by atomic mass is 28.4. The average molecular weight is 264 g/mol. The fourth-order valence-electron chi connectivity index (χ4n) is 2.43. The molecule has 1 atom stereocenters. The summed E-state index contributed by atoms with van der Waals surface area (Å²) in [6, 6.07) is 3.88. The molecule has 1 aromatic heterocycles. The van der Waals surface area contributed by atoms with E-state index < -0.39 is 14.0 Å². The van der Waals surface area contributed by atoms with E-state index in [4.69, 9.17) is 4.43 Å². The van der Waals surface area contributed by atoms with Gasteiger partial charge in [0.25, 0.3) is 0 Å². The van der Waals surface area contributed by atoms with E-state index in [1.807, 2.05) is 19.2 Å². The lowest BCUT2D eigenvalue weighted by Gasteiger charge is -2.41. The molecule has 0 bridgehead atoms. The molecule has 0 radical (unpaired) electrons. The maximum Gasteiger partial charge on any atom is 0.224 e. The fourth-order valence-corrected chi connectivity index (χ4v) is 3.80. The molecule has 1 aromatic rings. The van der Waals surface area contributed by atoms with Gasteiger partial charge < -0.3 is 9.33 Å². The molecule has 18 heavy (non-hydrogen) atoms. The molecule has 98 valence electrons. The highest BCUT2D eigenvalue weighted by Gasteiger charge is 2.48. The third kappa shape index (κ3) is 2.33. The zero-order valence-electron chi connectivity index (χ0n) is 11.4. The zero-order chi connectivity index (χ0) is 13.4. The van der Waals surface area contributed by atoms with Crippen molar-refractivity contribution in [2.24, 2.45) is 0 Å². The molecule has 2 rings (SSSR count). The Labute approximate surface area is 109 Å². The standard InChI is InChI=1S/C13H20N2O2Si/c1-15-12(16)7-8-13(15,17-18(2,3)4)11-6-5-9-14-10-11/h5-6,9-10H,7-8H2,1-4H3. The smallest absolute Gasteiger partial charge is 0.224 e. The minimum atomic E-state index is -1.77. The Morgan fingerprint density at radius 1 is 1.44 bits per heavy atom. The lowest BCUT2D eigenvalue weighted by atomic mass is 10.0. The van der Waals surface area contributed by atoms with Gasteiger partial charge in [0.15, 0.2) is 14.0 Å². The third-order valence-corrected chi connectivity index (χ3v) is 4.13. The van der Waals surface area contributed by atoms with Crippen LogP contribution in [0.15, 0.2) is 24.5 Å². The van der Waals surface area contributed by atoms with Crippen LogP contribution in [0, 0.1) is 0 Å². The van der Waals surface area contributed by atoms with E-state index >= 15 is 0 Å². The third-order valence-electron chi connectivity index (χ3n) is 3.18. The second kappa shape index (κ2) is 4.48. The van der Waals surface area contributed by atoms with E-state index in [0.717, 1.165) is 5.56 Å². The predicted molar refractivity (Wildman–Crippen MR) is 72.4 cm³/mol. The van der Waals surface area contributed by atoms with E-state index in [1.54, 1.807) is 17.3 Å². The first-order chi connectivity index (χ1) is 8.35. The first-order valence-electron chi connectivity index (χ1n) is 6.22. The van der Waals surface area contributed by atoms with E-state index in [2.05, 4.69) is 24.6 Å². The lowest BCUT2D eigenvalue weighted by molar-refractivity contribution is -0.140. The molecule has 2 heterocycles. The van der Waals surface area contributed by atoms with E-state index in [-0.39, 0.29) is 5.91 Å². The Bertz CT molecular complexity index is 444. The molecule has 0 N–H and O–H groups in total. The fraction of sp³-hybridized carbons (Fsp3) is 0.538. The van der Waals surface area contributed by atoms with Gasteiger partial charge in [-0.3, -0.25) is 9.78 Å². The Balaban J connectivity index is 2.45. The Hall–Kier alpha value is -1.20. The summed E-state index contributed by atoms with van der Waals surface area (Å²) in [5.41, 5.74) is 0.358. The molecule has 4 nitrogen and oxygen atoms in total. The van der Waals surface area contributed by atoms with Crippen LogP contribution in [-0.4, -0.2) is 31.2 Å². The molecule has 0 saturated carbocycles. The van der Waals surface area contributed by atoms with Crippen LogP contribution in [-0.2, 0) is 14.9 Å². The van der Waals surface area contributed by atoms with Crippen molar-refractivity contribution in [3.05, 3.63) is 30.1 Å². The average Bonchev–Trinajstić information content (AvgIpc) is 2.58. The van der Waals surface area contributed by atoms with Crippen molar-refractivity contribution in [1.82, 2.24) is 9.88 Å². The summed E-state index contributed by atoms with van der Waals surface area (Å²) >= 11 is 0. The molecular weight excluding hydrogens is 244 g/mol. The monoisotopic (exact) mass is 264 g/mol. The van der Waals surface area contributed by atoms with Gasteiger partial charge in [-0.2, -0.15) is 0 Å². The maximum absolute atomic E-state index is 11.9. The van der Waals surface area contributed by atoms with Crippen LogP contribution in [0.1, 0.15) is 18.4 Å². The topological polar surface area (TPSA) is 42.4 Å². The number of aromatic nitrogens is 1. The second-order valence-electron chi connectivity index (χ2n) is 5.69. The zero-order valence-corrected chi connectivity index (χ0v) is 12.4. The molecule has 1 unspecified atom stereocenters. The highest BCUT2D eigenvalue weighted by Crippen LogP contribution is 2.41. The van der Waals surface area contributed by atoms with Crippen molar-refractivity contribution in [3.8, 4) is 0 Å².